The zero-order valence-corrected chi connectivity index (χ0v) is 10.1. The maximum Gasteiger partial charge on any atom is 0.264 e. The van der Waals surface area contributed by atoms with E-state index in [-0.39, 0.29) is 5.91 Å². The highest BCUT2D eigenvalue weighted by atomic mass is 32.1. The zero-order chi connectivity index (χ0) is 11.5. The fourth-order valence-corrected chi connectivity index (χ4v) is 2.52. The fourth-order valence-electron chi connectivity index (χ4n) is 1.70. The van der Waals surface area contributed by atoms with Crippen molar-refractivity contribution in [2.24, 2.45) is 0 Å². The Balaban J connectivity index is 2.08. The molecular formula is C12H14N2OS. The van der Waals surface area contributed by atoms with Gasteiger partial charge in [-0.2, -0.15) is 5.26 Å². The summed E-state index contributed by atoms with van der Waals surface area (Å²) in [5, 5.41) is 8.59. The molecule has 0 atom stereocenters. The first-order valence-electron chi connectivity index (χ1n) is 5.46. The summed E-state index contributed by atoms with van der Waals surface area (Å²) in [6.45, 7) is 2.56. The van der Waals surface area contributed by atoms with Crippen LogP contribution in [-0.4, -0.2) is 23.4 Å². The van der Waals surface area contributed by atoms with Crippen LogP contribution in [-0.2, 0) is 0 Å². The van der Waals surface area contributed by atoms with E-state index in [1.807, 2.05) is 24.0 Å². The Morgan fingerprint density at radius 3 is 2.88 bits per heavy atom. The predicted molar refractivity (Wildman–Crippen MR) is 63.3 cm³/mol. The molecular weight excluding hydrogens is 220 g/mol. The number of amides is 1. The van der Waals surface area contributed by atoms with Crippen LogP contribution in [0.5, 0.6) is 0 Å². The van der Waals surface area contributed by atoms with Gasteiger partial charge in [0.2, 0.25) is 0 Å². The molecule has 1 aromatic rings. The summed E-state index contributed by atoms with van der Waals surface area (Å²) in [7, 11) is 0. The highest BCUT2D eigenvalue weighted by Gasteiger charge is 2.33. The molecule has 0 bridgehead atoms. The Morgan fingerprint density at radius 2 is 2.38 bits per heavy atom. The summed E-state index contributed by atoms with van der Waals surface area (Å²) in [5.41, 5.74) is 0. The molecule has 2 rings (SSSR count). The van der Waals surface area contributed by atoms with E-state index in [1.165, 1.54) is 11.3 Å². The largest absolute Gasteiger partial charge is 0.334 e. The fraction of sp³-hybridized carbons (Fsp3) is 0.500. The second-order valence-corrected chi connectivity index (χ2v) is 5.34. The molecule has 0 N–H and O–H groups in total. The minimum Gasteiger partial charge on any atom is -0.334 e. The van der Waals surface area contributed by atoms with Gasteiger partial charge in [0.1, 0.15) is 0 Å². The van der Waals surface area contributed by atoms with Gasteiger partial charge in [0.05, 0.1) is 17.4 Å². The monoisotopic (exact) mass is 234 g/mol. The molecule has 4 heteroatoms. The number of nitriles is 1. The van der Waals surface area contributed by atoms with Crippen molar-refractivity contribution >= 4 is 17.2 Å². The SMILES string of the molecule is Cc1ccc(C(=O)N(CCC#N)C2CC2)s1. The molecule has 3 nitrogen and oxygen atoms in total. The van der Waals surface area contributed by atoms with Crippen LogP contribution in [0.2, 0.25) is 0 Å². The standard InChI is InChI=1S/C12H14N2OS/c1-9-3-6-11(16-9)12(15)14(8-2-7-13)10-4-5-10/h3,6,10H,2,4-5,8H2,1H3. The first kappa shape index (κ1) is 11.2. The molecule has 0 spiro atoms. The van der Waals surface area contributed by atoms with Crippen LogP contribution < -0.4 is 0 Å². The number of rotatable bonds is 4. The van der Waals surface area contributed by atoms with E-state index in [2.05, 4.69) is 6.07 Å². The van der Waals surface area contributed by atoms with E-state index in [0.29, 0.717) is 19.0 Å². The van der Waals surface area contributed by atoms with Gasteiger partial charge in [0.25, 0.3) is 5.91 Å². The van der Waals surface area contributed by atoms with Crippen molar-refractivity contribution in [3.05, 3.63) is 21.9 Å². The molecule has 0 radical (unpaired) electrons. The number of aryl methyl sites for hydroxylation is 1. The topological polar surface area (TPSA) is 44.1 Å². The Bertz CT molecular complexity index is 428. The number of thiophene rings is 1. The van der Waals surface area contributed by atoms with Gasteiger partial charge in [-0.3, -0.25) is 4.79 Å². The van der Waals surface area contributed by atoms with Gasteiger partial charge in [0, 0.05) is 17.5 Å². The van der Waals surface area contributed by atoms with Crippen LogP contribution in [0.3, 0.4) is 0 Å². The van der Waals surface area contributed by atoms with Crippen molar-refractivity contribution < 1.29 is 4.79 Å². The van der Waals surface area contributed by atoms with Gasteiger partial charge in [-0.25, -0.2) is 0 Å². The third-order valence-electron chi connectivity index (χ3n) is 2.66. The Morgan fingerprint density at radius 1 is 1.62 bits per heavy atom. The van der Waals surface area contributed by atoms with Crippen molar-refractivity contribution in [2.45, 2.75) is 32.2 Å². The second-order valence-electron chi connectivity index (χ2n) is 4.05. The quantitative estimate of drug-likeness (QED) is 0.803. The zero-order valence-electron chi connectivity index (χ0n) is 9.27. The van der Waals surface area contributed by atoms with Crippen molar-refractivity contribution in [2.75, 3.05) is 6.54 Å². The van der Waals surface area contributed by atoms with E-state index in [1.54, 1.807) is 0 Å². The number of carbonyl (C=O) groups excluding carboxylic acids is 1. The molecule has 0 unspecified atom stereocenters. The maximum atomic E-state index is 12.2. The van der Waals surface area contributed by atoms with E-state index < -0.39 is 0 Å². The summed E-state index contributed by atoms with van der Waals surface area (Å²) in [4.78, 5) is 16.0. The summed E-state index contributed by atoms with van der Waals surface area (Å²) >= 11 is 1.53. The minimum absolute atomic E-state index is 0.0934. The summed E-state index contributed by atoms with van der Waals surface area (Å²) in [6.07, 6.45) is 2.59. The second kappa shape index (κ2) is 4.67. The van der Waals surface area contributed by atoms with Gasteiger partial charge >= 0.3 is 0 Å². The number of hydrogen-bond donors (Lipinski definition) is 0. The van der Waals surface area contributed by atoms with Gasteiger partial charge in [0.15, 0.2) is 0 Å². The van der Waals surface area contributed by atoms with Crippen molar-refractivity contribution in [3.8, 4) is 6.07 Å². The average Bonchev–Trinajstić information content (AvgIpc) is 3.01. The first-order chi connectivity index (χ1) is 7.72. The van der Waals surface area contributed by atoms with E-state index >= 15 is 0 Å². The van der Waals surface area contributed by atoms with Gasteiger partial charge in [-0.1, -0.05) is 0 Å². The van der Waals surface area contributed by atoms with Gasteiger partial charge in [-0.15, -0.1) is 11.3 Å². The normalized spacial score (nSPS) is 14.5. The van der Waals surface area contributed by atoms with Crippen molar-refractivity contribution in [1.29, 1.82) is 5.26 Å². The molecule has 1 aromatic heterocycles. The third kappa shape index (κ3) is 2.42. The lowest BCUT2D eigenvalue weighted by atomic mass is 10.3. The molecule has 84 valence electrons. The van der Waals surface area contributed by atoms with Gasteiger partial charge < -0.3 is 4.90 Å². The van der Waals surface area contributed by atoms with Crippen molar-refractivity contribution in [1.82, 2.24) is 4.90 Å². The van der Waals surface area contributed by atoms with E-state index in [9.17, 15) is 4.79 Å². The number of hydrogen-bond acceptors (Lipinski definition) is 3. The number of carbonyl (C=O) groups is 1. The molecule has 16 heavy (non-hydrogen) atoms. The average molecular weight is 234 g/mol. The lowest BCUT2D eigenvalue weighted by Gasteiger charge is -2.20. The van der Waals surface area contributed by atoms with Crippen molar-refractivity contribution in [3.63, 3.8) is 0 Å². The predicted octanol–water partition coefficient (Wildman–Crippen LogP) is 2.57. The molecule has 0 aliphatic heterocycles. The molecule has 0 saturated heterocycles. The molecule has 1 aliphatic rings. The maximum absolute atomic E-state index is 12.2. The highest BCUT2D eigenvalue weighted by molar-refractivity contribution is 7.13. The lowest BCUT2D eigenvalue weighted by Crippen LogP contribution is -2.33. The van der Waals surface area contributed by atoms with E-state index in [0.717, 1.165) is 22.6 Å². The molecule has 0 aromatic carbocycles. The Labute approximate surface area is 99.3 Å². The molecule has 1 heterocycles. The molecule has 1 aliphatic carbocycles. The minimum atomic E-state index is 0.0934. The van der Waals surface area contributed by atoms with Gasteiger partial charge in [-0.05, 0) is 31.9 Å². The molecule has 1 saturated carbocycles. The van der Waals surface area contributed by atoms with Crippen LogP contribution in [0.15, 0.2) is 12.1 Å². The van der Waals surface area contributed by atoms with Crippen LogP contribution in [0.25, 0.3) is 0 Å². The third-order valence-corrected chi connectivity index (χ3v) is 3.65. The number of nitrogens with zero attached hydrogens (tertiary/aromatic N) is 2. The van der Waals surface area contributed by atoms with Crippen LogP contribution >= 0.6 is 11.3 Å². The summed E-state index contributed by atoms with van der Waals surface area (Å²) in [6, 6.07) is 6.32. The smallest absolute Gasteiger partial charge is 0.264 e. The van der Waals surface area contributed by atoms with Crippen LogP contribution in [0.4, 0.5) is 0 Å². The van der Waals surface area contributed by atoms with Crippen LogP contribution in [0, 0.1) is 18.3 Å². The Hall–Kier alpha value is -1.34. The first-order valence-corrected chi connectivity index (χ1v) is 6.28. The van der Waals surface area contributed by atoms with E-state index in [4.69, 9.17) is 5.26 Å². The molecule has 1 fully saturated rings. The Kier molecular flexibility index (Phi) is 3.25. The highest BCUT2D eigenvalue weighted by Crippen LogP contribution is 2.29. The summed E-state index contributed by atoms with van der Waals surface area (Å²) < 4.78 is 0. The van der Waals surface area contributed by atoms with Crippen LogP contribution in [0.1, 0.15) is 33.8 Å². The lowest BCUT2D eigenvalue weighted by molar-refractivity contribution is 0.0751. The summed E-state index contributed by atoms with van der Waals surface area (Å²) in [5.74, 6) is 0.0934. The molecule has 1 amide bonds.